The van der Waals surface area contributed by atoms with E-state index in [-0.39, 0.29) is 17.9 Å². The molecule has 1 amide bonds. The van der Waals surface area contributed by atoms with Gasteiger partial charge < -0.3 is 10.4 Å². The first-order valence-corrected chi connectivity index (χ1v) is 8.47. The third-order valence-electron chi connectivity index (χ3n) is 3.92. The number of carbonyl (C=O) groups is 1. The van der Waals surface area contributed by atoms with Crippen molar-refractivity contribution in [1.82, 2.24) is 20.7 Å². The average Bonchev–Trinajstić information content (AvgIpc) is 3.12. The summed E-state index contributed by atoms with van der Waals surface area (Å²) in [5.74, 6) is -1.01. The van der Waals surface area contributed by atoms with Crippen molar-refractivity contribution in [2.24, 2.45) is 0 Å². The lowest BCUT2D eigenvalue weighted by Gasteiger charge is -2.14. The van der Waals surface area contributed by atoms with Gasteiger partial charge in [-0.3, -0.25) is 14.7 Å². The molecule has 0 radical (unpaired) electrons. The highest BCUT2D eigenvalue weighted by Crippen LogP contribution is 2.29. The van der Waals surface area contributed by atoms with E-state index in [4.69, 9.17) is 4.84 Å². The first kappa shape index (κ1) is 18.7. The number of hydrogen-bond donors (Lipinski definition) is 4. The van der Waals surface area contributed by atoms with Gasteiger partial charge in [-0.2, -0.15) is 5.10 Å². The zero-order valence-electron chi connectivity index (χ0n) is 14.9. The highest BCUT2D eigenvalue weighted by atomic mass is 19.1. The van der Waals surface area contributed by atoms with Crippen LogP contribution in [0.2, 0.25) is 0 Å². The number of aliphatic hydroxyl groups excluding tert-OH is 1. The van der Waals surface area contributed by atoms with Crippen molar-refractivity contribution < 1.29 is 19.1 Å². The maximum absolute atomic E-state index is 14.4. The standard InChI is InChI=1S/C18H20FN5O3/c1-3-11-4-5-15(14(19)6-11)22-16-12-8-21-23-17(12)20-7-13(16)18(26)24-27-9-10(2)25/h4-8,10,25H,3,9H2,1-2H3,(H,24,26)(H2,20,21,22,23). The zero-order chi connectivity index (χ0) is 19.4. The normalized spacial score (nSPS) is 12.1. The third kappa shape index (κ3) is 4.21. The van der Waals surface area contributed by atoms with Crippen LogP contribution in [-0.2, 0) is 11.3 Å². The van der Waals surface area contributed by atoms with Gasteiger partial charge in [0.25, 0.3) is 5.91 Å². The third-order valence-corrected chi connectivity index (χ3v) is 3.92. The van der Waals surface area contributed by atoms with E-state index in [1.165, 1.54) is 25.4 Å². The molecule has 2 aromatic heterocycles. The Hall–Kier alpha value is -3.04. The number of anilines is 2. The van der Waals surface area contributed by atoms with Crippen LogP contribution in [0.15, 0.2) is 30.6 Å². The van der Waals surface area contributed by atoms with E-state index in [9.17, 15) is 14.3 Å². The predicted octanol–water partition coefficient (Wildman–Crippen LogP) is 2.45. The van der Waals surface area contributed by atoms with Crippen LogP contribution in [0.1, 0.15) is 29.8 Å². The van der Waals surface area contributed by atoms with Crippen LogP contribution in [0.5, 0.6) is 0 Å². The van der Waals surface area contributed by atoms with Crippen molar-refractivity contribution in [2.45, 2.75) is 26.4 Å². The van der Waals surface area contributed by atoms with Gasteiger partial charge in [0, 0.05) is 6.20 Å². The molecular weight excluding hydrogens is 353 g/mol. The van der Waals surface area contributed by atoms with Crippen molar-refractivity contribution in [3.8, 4) is 0 Å². The van der Waals surface area contributed by atoms with Gasteiger partial charge in [0.05, 0.1) is 34.6 Å². The lowest BCUT2D eigenvalue weighted by atomic mass is 10.1. The van der Waals surface area contributed by atoms with Gasteiger partial charge in [-0.25, -0.2) is 14.9 Å². The van der Waals surface area contributed by atoms with Gasteiger partial charge >= 0.3 is 0 Å². The molecule has 142 valence electrons. The van der Waals surface area contributed by atoms with E-state index in [2.05, 4.69) is 26.0 Å². The Bertz CT molecular complexity index is 957. The van der Waals surface area contributed by atoms with Gasteiger partial charge in [0.1, 0.15) is 12.4 Å². The number of aromatic amines is 1. The van der Waals surface area contributed by atoms with Crippen LogP contribution in [0.4, 0.5) is 15.8 Å². The van der Waals surface area contributed by atoms with Gasteiger partial charge in [-0.15, -0.1) is 0 Å². The number of amides is 1. The lowest BCUT2D eigenvalue weighted by molar-refractivity contribution is -0.00683. The Morgan fingerprint density at radius 3 is 2.93 bits per heavy atom. The van der Waals surface area contributed by atoms with E-state index in [1.54, 1.807) is 6.07 Å². The number of pyridine rings is 1. The molecule has 1 unspecified atom stereocenters. The van der Waals surface area contributed by atoms with E-state index in [0.717, 1.165) is 5.56 Å². The highest BCUT2D eigenvalue weighted by molar-refractivity contribution is 6.06. The Morgan fingerprint density at radius 2 is 2.22 bits per heavy atom. The first-order chi connectivity index (χ1) is 13.0. The number of nitrogens with one attached hydrogen (secondary N) is 3. The molecule has 0 aliphatic carbocycles. The van der Waals surface area contributed by atoms with Gasteiger partial charge in [0.15, 0.2) is 5.65 Å². The topological polar surface area (TPSA) is 112 Å². The molecule has 2 heterocycles. The van der Waals surface area contributed by atoms with Crippen LogP contribution in [-0.4, -0.2) is 38.9 Å². The van der Waals surface area contributed by atoms with Crippen molar-refractivity contribution in [1.29, 1.82) is 0 Å². The molecule has 0 saturated heterocycles. The summed E-state index contributed by atoms with van der Waals surface area (Å²) in [6.45, 7) is 3.40. The summed E-state index contributed by atoms with van der Waals surface area (Å²) in [5, 5.41) is 19.3. The monoisotopic (exact) mass is 373 g/mol. The van der Waals surface area contributed by atoms with Gasteiger partial charge in [0.2, 0.25) is 0 Å². The number of hydroxylamine groups is 1. The minimum absolute atomic E-state index is 0.0665. The van der Waals surface area contributed by atoms with Crippen LogP contribution >= 0.6 is 0 Å². The summed E-state index contributed by atoms with van der Waals surface area (Å²) in [6.07, 6.45) is 2.81. The zero-order valence-corrected chi connectivity index (χ0v) is 14.9. The molecule has 27 heavy (non-hydrogen) atoms. The molecule has 8 nitrogen and oxygen atoms in total. The largest absolute Gasteiger partial charge is 0.391 e. The molecule has 0 aliphatic heterocycles. The number of carbonyl (C=O) groups excluding carboxylic acids is 1. The van der Waals surface area contributed by atoms with E-state index in [0.29, 0.717) is 23.1 Å². The highest BCUT2D eigenvalue weighted by Gasteiger charge is 2.18. The second kappa shape index (κ2) is 8.11. The Balaban J connectivity index is 1.95. The average molecular weight is 373 g/mol. The molecule has 1 atom stereocenters. The van der Waals surface area contributed by atoms with Gasteiger partial charge in [-0.1, -0.05) is 13.0 Å². The molecule has 0 saturated carbocycles. The number of hydrogen-bond acceptors (Lipinski definition) is 6. The summed E-state index contributed by atoms with van der Waals surface area (Å²) in [5.41, 5.74) is 4.27. The molecule has 4 N–H and O–H groups in total. The number of fused-ring (bicyclic) bond motifs is 1. The molecule has 3 rings (SSSR count). The summed E-state index contributed by atoms with van der Waals surface area (Å²) in [6, 6.07) is 4.87. The molecule has 0 bridgehead atoms. The first-order valence-electron chi connectivity index (χ1n) is 8.47. The van der Waals surface area contributed by atoms with Crippen LogP contribution in [0, 0.1) is 5.82 Å². The molecule has 3 aromatic rings. The maximum atomic E-state index is 14.4. The summed E-state index contributed by atoms with van der Waals surface area (Å²) in [4.78, 5) is 21.6. The minimum Gasteiger partial charge on any atom is -0.391 e. The van der Waals surface area contributed by atoms with E-state index in [1.807, 2.05) is 13.0 Å². The number of nitrogens with zero attached hydrogens (tertiary/aromatic N) is 2. The van der Waals surface area contributed by atoms with Crippen LogP contribution in [0.25, 0.3) is 11.0 Å². The number of halogens is 1. The second-order valence-electron chi connectivity index (χ2n) is 6.06. The molecular formula is C18H20FN5O3. The van der Waals surface area contributed by atoms with Gasteiger partial charge in [-0.05, 0) is 31.0 Å². The van der Waals surface area contributed by atoms with Crippen molar-refractivity contribution in [2.75, 3.05) is 11.9 Å². The summed E-state index contributed by atoms with van der Waals surface area (Å²) in [7, 11) is 0. The van der Waals surface area contributed by atoms with Crippen molar-refractivity contribution in [3.63, 3.8) is 0 Å². The Labute approximate surface area is 154 Å². The Morgan fingerprint density at radius 1 is 1.41 bits per heavy atom. The molecule has 1 aromatic carbocycles. The summed E-state index contributed by atoms with van der Waals surface area (Å²) >= 11 is 0. The van der Waals surface area contributed by atoms with E-state index < -0.39 is 17.8 Å². The fourth-order valence-electron chi connectivity index (χ4n) is 2.50. The SMILES string of the molecule is CCc1ccc(Nc2c(C(=O)NOCC(C)O)cnc3[nH]ncc23)c(F)c1. The summed E-state index contributed by atoms with van der Waals surface area (Å²) < 4.78 is 14.4. The smallest absolute Gasteiger partial charge is 0.278 e. The van der Waals surface area contributed by atoms with E-state index >= 15 is 0 Å². The fraction of sp³-hybridized carbons (Fsp3) is 0.278. The molecule has 9 heteroatoms. The number of rotatable bonds is 7. The lowest BCUT2D eigenvalue weighted by Crippen LogP contribution is -2.28. The van der Waals surface area contributed by atoms with Crippen molar-refractivity contribution >= 4 is 28.3 Å². The molecule has 0 fully saturated rings. The predicted molar refractivity (Wildman–Crippen MR) is 98.0 cm³/mol. The number of H-pyrrole nitrogens is 1. The fourth-order valence-corrected chi connectivity index (χ4v) is 2.50. The number of aryl methyl sites for hydroxylation is 1. The van der Waals surface area contributed by atoms with Crippen LogP contribution in [0.3, 0.4) is 0 Å². The minimum atomic E-state index is -0.733. The molecule has 0 aliphatic rings. The number of aliphatic hydroxyl groups is 1. The second-order valence-corrected chi connectivity index (χ2v) is 6.06. The number of aromatic nitrogens is 3. The quantitative estimate of drug-likeness (QED) is 0.473. The van der Waals surface area contributed by atoms with Crippen LogP contribution < -0.4 is 10.8 Å². The Kier molecular flexibility index (Phi) is 5.63. The molecule has 0 spiro atoms. The number of benzene rings is 1. The maximum Gasteiger partial charge on any atom is 0.278 e. The van der Waals surface area contributed by atoms with Crippen molar-refractivity contribution in [3.05, 3.63) is 47.5 Å².